The first-order valence-corrected chi connectivity index (χ1v) is 7.27. The van der Waals surface area contributed by atoms with Gasteiger partial charge in [-0.3, -0.25) is 9.78 Å². The zero-order valence-corrected chi connectivity index (χ0v) is 13.1. The fourth-order valence-electron chi connectivity index (χ4n) is 1.72. The third-order valence-corrected chi connectivity index (χ3v) is 3.09. The van der Waals surface area contributed by atoms with Gasteiger partial charge in [-0.1, -0.05) is 13.8 Å². The van der Waals surface area contributed by atoms with E-state index in [9.17, 15) is 4.79 Å². The molecular formula is C14H17BrN4O. The Hall–Kier alpha value is -1.53. The Morgan fingerprint density at radius 2 is 2.20 bits per heavy atom. The third-order valence-electron chi connectivity index (χ3n) is 2.62. The first kappa shape index (κ1) is 14.9. The molecule has 0 aliphatic rings. The van der Waals surface area contributed by atoms with Gasteiger partial charge in [0.05, 0.1) is 5.69 Å². The Morgan fingerprint density at radius 3 is 2.85 bits per heavy atom. The zero-order chi connectivity index (χ0) is 14.5. The topological polar surface area (TPSA) is 70.7 Å². The predicted octanol–water partition coefficient (Wildman–Crippen LogP) is 2.34. The highest BCUT2D eigenvalue weighted by Gasteiger charge is 2.05. The van der Waals surface area contributed by atoms with E-state index in [0.29, 0.717) is 29.7 Å². The van der Waals surface area contributed by atoms with Gasteiger partial charge in [-0.05, 0) is 40.5 Å². The zero-order valence-electron chi connectivity index (χ0n) is 11.5. The molecule has 2 heterocycles. The van der Waals surface area contributed by atoms with Crippen molar-refractivity contribution in [2.75, 3.05) is 6.54 Å². The van der Waals surface area contributed by atoms with Crippen LogP contribution in [0.2, 0.25) is 0 Å². The van der Waals surface area contributed by atoms with Crippen molar-refractivity contribution in [1.29, 1.82) is 0 Å². The average molecular weight is 337 g/mol. The van der Waals surface area contributed by atoms with E-state index >= 15 is 0 Å². The summed E-state index contributed by atoms with van der Waals surface area (Å²) in [5, 5.41) is 3.27. The summed E-state index contributed by atoms with van der Waals surface area (Å²) in [5.74, 6) is 1.05. The highest BCUT2D eigenvalue weighted by atomic mass is 79.9. The summed E-state index contributed by atoms with van der Waals surface area (Å²) in [6.45, 7) is 5.73. The van der Waals surface area contributed by atoms with Gasteiger partial charge in [-0.2, -0.15) is 0 Å². The van der Waals surface area contributed by atoms with E-state index in [1.165, 1.54) is 6.07 Å². The molecule has 0 aliphatic heterocycles. The Morgan fingerprint density at radius 1 is 1.40 bits per heavy atom. The quantitative estimate of drug-likeness (QED) is 0.879. The molecule has 0 saturated heterocycles. The summed E-state index contributed by atoms with van der Waals surface area (Å²) in [7, 11) is 0. The van der Waals surface area contributed by atoms with E-state index in [4.69, 9.17) is 0 Å². The lowest BCUT2D eigenvalue weighted by Gasteiger charge is -2.07. The number of pyridine rings is 1. The van der Waals surface area contributed by atoms with Crippen LogP contribution in [0.4, 0.5) is 0 Å². The van der Waals surface area contributed by atoms with E-state index in [2.05, 4.69) is 50.0 Å². The molecule has 0 aliphatic carbocycles. The maximum atomic E-state index is 11.7. The molecule has 0 bridgehead atoms. The van der Waals surface area contributed by atoms with Crippen LogP contribution in [0.15, 0.2) is 33.7 Å². The molecule has 2 N–H and O–H groups in total. The van der Waals surface area contributed by atoms with E-state index in [-0.39, 0.29) is 5.56 Å². The number of hydrogen-bond acceptors (Lipinski definition) is 4. The van der Waals surface area contributed by atoms with Crippen LogP contribution in [0.5, 0.6) is 0 Å². The number of aromatic nitrogens is 3. The summed E-state index contributed by atoms with van der Waals surface area (Å²) in [4.78, 5) is 23.1. The summed E-state index contributed by atoms with van der Waals surface area (Å²) in [6.07, 6.45) is 1.68. The lowest BCUT2D eigenvalue weighted by molar-refractivity contribution is 0.548. The molecule has 2 aromatic heterocycles. The molecule has 0 fully saturated rings. The molecule has 20 heavy (non-hydrogen) atoms. The van der Waals surface area contributed by atoms with Crippen LogP contribution >= 0.6 is 15.9 Å². The summed E-state index contributed by atoms with van der Waals surface area (Å²) in [6, 6.07) is 5.19. The highest BCUT2D eigenvalue weighted by Crippen LogP contribution is 2.14. The van der Waals surface area contributed by atoms with Crippen LogP contribution in [0.1, 0.15) is 19.5 Å². The fourth-order valence-corrected chi connectivity index (χ4v) is 1.96. The molecule has 0 amide bonds. The standard InChI is InChI=1S/C14H17BrN4O/c1-9(2)6-16-8-11-5-13(20)19-14(18-11)12-4-3-10(15)7-17-12/h3-5,7,9,16H,6,8H2,1-2H3,(H,18,19,20). The lowest BCUT2D eigenvalue weighted by Crippen LogP contribution is -2.21. The van der Waals surface area contributed by atoms with Gasteiger partial charge in [-0.15, -0.1) is 0 Å². The van der Waals surface area contributed by atoms with Crippen molar-refractivity contribution in [3.63, 3.8) is 0 Å². The monoisotopic (exact) mass is 336 g/mol. The first-order valence-electron chi connectivity index (χ1n) is 6.47. The third kappa shape index (κ3) is 4.25. The SMILES string of the molecule is CC(C)CNCc1cc(=O)[nH]c(-c2ccc(Br)cn2)n1. The van der Waals surface area contributed by atoms with Gasteiger partial charge in [0.25, 0.3) is 5.56 Å². The van der Waals surface area contributed by atoms with Crippen molar-refractivity contribution in [2.24, 2.45) is 5.92 Å². The number of nitrogens with zero attached hydrogens (tertiary/aromatic N) is 2. The van der Waals surface area contributed by atoms with Gasteiger partial charge in [0.2, 0.25) is 0 Å². The van der Waals surface area contributed by atoms with Crippen molar-refractivity contribution in [2.45, 2.75) is 20.4 Å². The van der Waals surface area contributed by atoms with Crippen molar-refractivity contribution in [3.05, 3.63) is 44.9 Å². The minimum atomic E-state index is -0.166. The highest BCUT2D eigenvalue weighted by molar-refractivity contribution is 9.10. The molecule has 6 heteroatoms. The normalized spacial score (nSPS) is 11.0. The van der Waals surface area contributed by atoms with E-state index in [1.54, 1.807) is 6.20 Å². The molecule has 0 spiro atoms. The van der Waals surface area contributed by atoms with Gasteiger partial charge in [0.15, 0.2) is 5.82 Å². The second-order valence-corrected chi connectivity index (χ2v) is 5.89. The van der Waals surface area contributed by atoms with Crippen LogP contribution in [-0.2, 0) is 6.54 Å². The van der Waals surface area contributed by atoms with Crippen LogP contribution in [0.25, 0.3) is 11.5 Å². The second-order valence-electron chi connectivity index (χ2n) is 4.97. The van der Waals surface area contributed by atoms with Crippen LogP contribution < -0.4 is 10.9 Å². The predicted molar refractivity (Wildman–Crippen MR) is 82.3 cm³/mol. The Bertz CT molecular complexity index is 622. The largest absolute Gasteiger partial charge is 0.311 e. The number of nitrogens with one attached hydrogen (secondary N) is 2. The van der Waals surface area contributed by atoms with Crippen molar-refractivity contribution in [3.8, 4) is 11.5 Å². The maximum Gasteiger partial charge on any atom is 0.251 e. The summed E-state index contributed by atoms with van der Waals surface area (Å²) < 4.78 is 0.887. The number of hydrogen-bond donors (Lipinski definition) is 2. The smallest absolute Gasteiger partial charge is 0.251 e. The van der Waals surface area contributed by atoms with Gasteiger partial charge in [0.1, 0.15) is 5.69 Å². The minimum Gasteiger partial charge on any atom is -0.311 e. The van der Waals surface area contributed by atoms with Gasteiger partial charge >= 0.3 is 0 Å². The molecule has 2 aromatic rings. The van der Waals surface area contributed by atoms with Gasteiger partial charge in [-0.25, -0.2) is 4.98 Å². The van der Waals surface area contributed by atoms with E-state index in [0.717, 1.165) is 11.0 Å². The molecule has 106 valence electrons. The number of rotatable bonds is 5. The fraction of sp³-hybridized carbons (Fsp3) is 0.357. The van der Waals surface area contributed by atoms with E-state index < -0.39 is 0 Å². The van der Waals surface area contributed by atoms with Crippen molar-refractivity contribution >= 4 is 15.9 Å². The van der Waals surface area contributed by atoms with Crippen LogP contribution in [0.3, 0.4) is 0 Å². The molecule has 5 nitrogen and oxygen atoms in total. The molecule has 0 atom stereocenters. The number of H-pyrrole nitrogens is 1. The Balaban J connectivity index is 2.20. The number of aromatic amines is 1. The lowest BCUT2D eigenvalue weighted by atomic mass is 10.2. The van der Waals surface area contributed by atoms with Gasteiger partial charge < -0.3 is 10.3 Å². The number of halogens is 1. The molecule has 0 saturated carbocycles. The van der Waals surface area contributed by atoms with Crippen LogP contribution in [-0.4, -0.2) is 21.5 Å². The Kier molecular flexibility index (Phi) is 5.03. The molecular weight excluding hydrogens is 320 g/mol. The molecule has 0 aromatic carbocycles. The van der Waals surface area contributed by atoms with Crippen LogP contribution in [0, 0.1) is 5.92 Å². The second kappa shape index (κ2) is 6.76. The van der Waals surface area contributed by atoms with Crippen molar-refractivity contribution < 1.29 is 0 Å². The summed E-state index contributed by atoms with van der Waals surface area (Å²) in [5.41, 5.74) is 1.20. The molecule has 2 rings (SSSR count). The van der Waals surface area contributed by atoms with Crippen molar-refractivity contribution in [1.82, 2.24) is 20.3 Å². The molecule has 0 unspecified atom stereocenters. The minimum absolute atomic E-state index is 0.166. The first-order chi connectivity index (χ1) is 9.54. The van der Waals surface area contributed by atoms with Gasteiger partial charge in [0, 0.05) is 23.3 Å². The molecule has 0 radical (unpaired) electrons. The maximum absolute atomic E-state index is 11.7. The average Bonchev–Trinajstić information content (AvgIpc) is 2.38. The Labute approximate surface area is 126 Å². The van der Waals surface area contributed by atoms with E-state index in [1.807, 2.05) is 12.1 Å². The summed E-state index contributed by atoms with van der Waals surface area (Å²) >= 11 is 3.33.